The van der Waals surface area contributed by atoms with Gasteiger partial charge in [-0.1, -0.05) is 60.5 Å². The molecule has 0 saturated heterocycles. The number of nitrogens with one attached hydrogen (secondary N) is 1. The summed E-state index contributed by atoms with van der Waals surface area (Å²) in [5.74, 6) is -1.77. The van der Waals surface area contributed by atoms with E-state index in [2.05, 4.69) is 5.32 Å². The van der Waals surface area contributed by atoms with Gasteiger partial charge in [-0.2, -0.15) is 0 Å². The van der Waals surface area contributed by atoms with Crippen LogP contribution in [-0.4, -0.2) is 43.8 Å². The molecule has 0 heterocycles. The van der Waals surface area contributed by atoms with Crippen molar-refractivity contribution in [1.29, 1.82) is 0 Å². The molecule has 0 aliphatic heterocycles. The van der Waals surface area contributed by atoms with Crippen molar-refractivity contribution in [3.63, 3.8) is 0 Å². The van der Waals surface area contributed by atoms with Crippen molar-refractivity contribution in [3.8, 4) is 0 Å². The lowest BCUT2D eigenvalue weighted by atomic mass is 10.1. The van der Waals surface area contributed by atoms with E-state index >= 15 is 0 Å². The van der Waals surface area contributed by atoms with Crippen LogP contribution in [0.2, 0.25) is 10.0 Å². The third-order valence-corrected chi connectivity index (χ3v) is 8.52. The molecule has 0 aliphatic carbocycles. The molecule has 0 bridgehead atoms. The summed E-state index contributed by atoms with van der Waals surface area (Å²) in [4.78, 5) is 28.1. The van der Waals surface area contributed by atoms with Gasteiger partial charge in [0.1, 0.15) is 18.4 Å². The van der Waals surface area contributed by atoms with Crippen molar-refractivity contribution < 1.29 is 22.4 Å². The van der Waals surface area contributed by atoms with E-state index in [9.17, 15) is 22.4 Å². The van der Waals surface area contributed by atoms with Crippen molar-refractivity contribution in [2.75, 3.05) is 10.8 Å². The van der Waals surface area contributed by atoms with Crippen molar-refractivity contribution in [2.24, 2.45) is 0 Å². The molecule has 0 unspecified atom stereocenters. The molecular weight excluding hydrogens is 564 g/mol. The molecule has 7 nitrogen and oxygen atoms in total. The summed E-state index contributed by atoms with van der Waals surface area (Å²) in [6.45, 7) is 4.67. The van der Waals surface area contributed by atoms with E-state index in [4.69, 9.17) is 23.2 Å². The molecule has 39 heavy (non-hydrogen) atoms. The molecule has 11 heteroatoms. The lowest BCUT2D eigenvalue weighted by Gasteiger charge is -2.32. The number of carbonyl (C=O) groups excluding carboxylic acids is 2. The van der Waals surface area contributed by atoms with Crippen LogP contribution in [0.25, 0.3) is 0 Å². The predicted octanol–water partition coefficient (Wildman–Crippen LogP) is 5.66. The zero-order valence-corrected chi connectivity index (χ0v) is 24.1. The number of nitrogens with zero attached hydrogens (tertiary/aromatic N) is 2. The second kappa shape index (κ2) is 13.3. The third kappa shape index (κ3) is 7.71. The van der Waals surface area contributed by atoms with Crippen LogP contribution in [0, 0.1) is 5.82 Å². The number of hydrogen-bond donors (Lipinski definition) is 1. The second-order valence-electron chi connectivity index (χ2n) is 9.07. The van der Waals surface area contributed by atoms with Gasteiger partial charge >= 0.3 is 0 Å². The number of rotatable bonds is 11. The molecular formula is C28H30Cl2FN3O4S. The van der Waals surface area contributed by atoms with E-state index in [1.165, 1.54) is 23.1 Å². The fourth-order valence-electron chi connectivity index (χ4n) is 3.77. The zero-order valence-electron chi connectivity index (χ0n) is 21.8. The molecule has 3 aromatic rings. The molecule has 0 aliphatic rings. The summed E-state index contributed by atoms with van der Waals surface area (Å²) in [6, 6.07) is 16.7. The highest BCUT2D eigenvalue weighted by Crippen LogP contribution is 2.28. The lowest BCUT2D eigenvalue weighted by molar-refractivity contribution is -0.139. The van der Waals surface area contributed by atoms with Gasteiger partial charge in [-0.15, -0.1) is 0 Å². The minimum Gasteiger partial charge on any atom is -0.352 e. The van der Waals surface area contributed by atoms with Crippen molar-refractivity contribution in [1.82, 2.24) is 10.2 Å². The largest absolute Gasteiger partial charge is 0.352 e. The number of anilines is 1. The van der Waals surface area contributed by atoms with Gasteiger partial charge in [0.05, 0.1) is 15.6 Å². The Morgan fingerprint density at radius 1 is 0.974 bits per heavy atom. The lowest BCUT2D eigenvalue weighted by Crippen LogP contribution is -2.52. The van der Waals surface area contributed by atoms with E-state index in [0.717, 1.165) is 16.4 Å². The minimum atomic E-state index is -4.28. The van der Waals surface area contributed by atoms with E-state index in [-0.39, 0.29) is 34.1 Å². The smallest absolute Gasteiger partial charge is 0.264 e. The summed E-state index contributed by atoms with van der Waals surface area (Å²) in [7, 11) is -4.28. The Labute approximate surface area is 238 Å². The quantitative estimate of drug-likeness (QED) is 0.311. The Morgan fingerprint density at radius 2 is 1.67 bits per heavy atom. The Morgan fingerprint density at radius 3 is 2.28 bits per heavy atom. The summed E-state index contributed by atoms with van der Waals surface area (Å²) in [6.07, 6.45) is 0.690. The second-order valence-corrected chi connectivity index (χ2v) is 11.8. The first-order valence-electron chi connectivity index (χ1n) is 12.3. The van der Waals surface area contributed by atoms with Crippen LogP contribution in [0.3, 0.4) is 0 Å². The maximum absolute atomic E-state index is 13.9. The van der Waals surface area contributed by atoms with Gasteiger partial charge in [0.2, 0.25) is 11.8 Å². The van der Waals surface area contributed by atoms with Gasteiger partial charge in [-0.25, -0.2) is 12.8 Å². The van der Waals surface area contributed by atoms with Crippen LogP contribution < -0.4 is 9.62 Å². The summed E-state index contributed by atoms with van der Waals surface area (Å²) < 4.78 is 42.2. The first kappa shape index (κ1) is 30.4. The van der Waals surface area contributed by atoms with Crippen LogP contribution in [-0.2, 0) is 26.2 Å². The van der Waals surface area contributed by atoms with Crippen molar-refractivity contribution >= 4 is 50.7 Å². The van der Waals surface area contributed by atoms with Crippen LogP contribution in [0.5, 0.6) is 0 Å². The average molecular weight is 595 g/mol. The third-order valence-electron chi connectivity index (χ3n) is 6.21. The van der Waals surface area contributed by atoms with Gasteiger partial charge in [0.25, 0.3) is 10.0 Å². The standard InChI is InChI=1S/C28H30Cl2FN3O4S/c1-4-19(2)32-28(36)20(3)33(17-21-9-8-10-22(29)15-21)27(35)18-34(23-13-14-26(31)25(30)16-23)39(37,38)24-11-6-5-7-12-24/h5-16,19-20H,4,17-18H2,1-3H3,(H,32,36)/t19-,20+/m1/s1. The van der Waals surface area contributed by atoms with Gasteiger partial charge < -0.3 is 10.2 Å². The maximum atomic E-state index is 13.9. The minimum absolute atomic E-state index is 0.00183. The SMILES string of the molecule is CC[C@@H](C)NC(=O)[C@H](C)N(Cc1cccc(Cl)c1)C(=O)CN(c1ccc(F)c(Cl)c1)S(=O)(=O)c1ccccc1. The number of amides is 2. The molecule has 208 valence electrons. The number of hydrogen-bond acceptors (Lipinski definition) is 4. The molecule has 2 amide bonds. The highest BCUT2D eigenvalue weighted by atomic mass is 35.5. The monoisotopic (exact) mass is 593 g/mol. The normalized spacial score (nSPS) is 12.9. The molecule has 2 atom stereocenters. The molecule has 0 aromatic heterocycles. The van der Waals surface area contributed by atoms with Gasteiger partial charge in [-0.3, -0.25) is 13.9 Å². The number of benzene rings is 3. The van der Waals surface area contributed by atoms with Gasteiger partial charge in [-0.05, 0) is 68.3 Å². The summed E-state index contributed by atoms with van der Waals surface area (Å²) >= 11 is 12.1. The molecule has 3 aromatic carbocycles. The number of carbonyl (C=O) groups is 2. The van der Waals surface area contributed by atoms with Crippen LogP contribution >= 0.6 is 23.2 Å². The highest BCUT2D eigenvalue weighted by Gasteiger charge is 2.33. The van der Waals surface area contributed by atoms with Crippen LogP contribution in [0.15, 0.2) is 77.7 Å². The first-order valence-corrected chi connectivity index (χ1v) is 14.5. The first-order chi connectivity index (χ1) is 18.4. The molecule has 0 saturated carbocycles. The molecule has 1 N–H and O–H groups in total. The van der Waals surface area contributed by atoms with E-state index in [1.54, 1.807) is 49.4 Å². The number of sulfonamides is 1. The van der Waals surface area contributed by atoms with Gasteiger partial charge in [0.15, 0.2) is 0 Å². The molecule has 3 rings (SSSR count). The number of halogens is 3. The summed E-state index contributed by atoms with van der Waals surface area (Å²) in [5, 5.41) is 3.02. The molecule has 0 radical (unpaired) electrons. The van der Waals surface area contributed by atoms with Gasteiger partial charge in [0, 0.05) is 17.6 Å². The van der Waals surface area contributed by atoms with Crippen LogP contribution in [0.4, 0.5) is 10.1 Å². The van der Waals surface area contributed by atoms with Crippen molar-refractivity contribution in [3.05, 3.63) is 94.2 Å². The Hall–Kier alpha value is -3.14. The molecule has 0 fully saturated rings. The maximum Gasteiger partial charge on any atom is 0.264 e. The Balaban J connectivity index is 2.04. The zero-order chi connectivity index (χ0) is 28.7. The average Bonchev–Trinajstić information content (AvgIpc) is 2.91. The van der Waals surface area contributed by atoms with Crippen molar-refractivity contribution in [2.45, 2.75) is 50.7 Å². The van der Waals surface area contributed by atoms with E-state index in [1.807, 2.05) is 13.8 Å². The fourth-order valence-corrected chi connectivity index (χ4v) is 5.58. The fraction of sp³-hybridized carbons (Fsp3) is 0.286. The van der Waals surface area contributed by atoms with E-state index < -0.39 is 34.3 Å². The Bertz CT molecular complexity index is 1420. The highest BCUT2D eigenvalue weighted by molar-refractivity contribution is 7.92. The Kier molecular flexibility index (Phi) is 10.4. The summed E-state index contributed by atoms with van der Waals surface area (Å²) in [5.41, 5.74) is 0.652. The topological polar surface area (TPSA) is 86.8 Å². The van der Waals surface area contributed by atoms with Crippen LogP contribution in [0.1, 0.15) is 32.8 Å². The molecule has 0 spiro atoms. The van der Waals surface area contributed by atoms with E-state index in [0.29, 0.717) is 17.0 Å². The predicted molar refractivity (Wildman–Crippen MR) is 152 cm³/mol.